The zero-order valence-electron chi connectivity index (χ0n) is 20.5. The van der Waals surface area contributed by atoms with E-state index in [1.165, 1.54) is 11.9 Å². The van der Waals surface area contributed by atoms with Crippen LogP contribution in [0.5, 0.6) is 0 Å². The number of hydrogen-bond acceptors (Lipinski definition) is 7. The Balaban J connectivity index is 1.17. The van der Waals surface area contributed by atoms with Crippen molar-refractivity contribution in [3.8, 4) is 0 Å². The summed E-state index contributed by atoms with van der Waals surface area (Å²) in [5.41, 5.74) is 11.0. The van der Waals surface area contributed by atoms with Crippen molar-refractivity contribution in [3.05, 3.63) is 42.2 Å². The van der Waals surface area contributed by atoms with Gasteiger partial charge in [0, 0.05) is 25.8 Å². The smallest absolute Gasteiger partial charge is 0.165 e. The highest BCUT2D eigenvalue weighted by molar-refractivity contribution is 7.99. The molecule has 0 amide bonds. The average Bonchev–Trinajstić information content (AvgIpc) is 3.41. The number of aromatic nitrogens is 6. The number of imidazole rings is 2. The van der Waals surface area contributed by atoms with Crippen LogP contribution >= 0.6 is 11.8 Å². The summed E-state index contributed by atoms with van der Waals surface area (Å²) in [5, 5.41) is 0. The van der Waals surface area contributed by atoms with Crippen molar-refractivity contribution in [2.45, 2.75) is 64.5 Å². The molecule has 0 aliphatic heterocycles. The van der Waals surface area contributed by atoms with Crippen LogP contribution in [-0.4, -0.2) is 54.2 Å². The van der Waals surface area contributed by atoms with E-state index in [0.29, 0.717) is 11.3 Å². The van der Waals surface area contributed by atoms with Gasteiger partial charge in [-0.05, 0) is 48.1 Å². The molecule has 3 aromatic heterocycles. The third-order valence-corrected chi connectivity index (χ3v) is 7.29. The molecule has 0 radical (unpaired) electrons. The maximum Gasteiger partial charge on any atom is 0.165 e. The van der Waals surface area contributed by atoms with E-state index >= 15 is 0 Å². The van der Waals surface area contributed by atoms with E-state index in [9.17, 15) is 0 Å². The summed E-state index contributed by atoms with van der Waals surface area (Å²) in [7, 11) is 1.78. The zero-order chi connectivity index (χ0) is 24.1. The van der Waals surface area contributed by atoms with E-state index in [1.54, 1.807) is 13.4 Å². The fourth-order valence-corrected chi connectivity index (χ4v) is 5.11. The summed E-state index contributed by atoms with van der Waals surface area (Å²) < 4.78 is 7.72. The van der Waals surface area contributed by atoms with Crippen LogP contribution in [0.3, 0.4) is 0 Å². The Morgan fingerprint density at radius 2 is 2.03 bits per heavy atom. The Labute approximate surface area is 205 Å². The van der Waals surface area contributed by atoms with Gasteiger partial charge in [0.15, 0.2) is 11.5 Å². The van der Waals surface area contributed by atoms with Gasteiger partial charge >= 0.3 is 0 Å². The molecular weight excluding hydrogens is 446 g/mol. The summed E-state index contributed by atoms with van der Waals surface area (Å²) in [6, 6.07) is 6.56. The van der Waals surface area contributed by atoms with Gasteiger partial charge in [0.1, 0.15) is 17.7 Å². The first-order valence-electron chi connectivity index (χ1n) is 11.9. The van der Waals surface area contributed by atoms with Gasteiger partial charge in [-0.2, -0.15) is 11.8 Å². The van der Waals surface area contributed by atoms with Crippen LogP contribution in [0.4, 0.5) is 5.82 Å². The Kier molecular flexibility index (Phi) is 7.73. The number of rotatable bonds is 11. The highest BCUT2D eigenvalue weighted by Gasteiger charge is 2.15. The highest BCUT2D eigenvalue weighted by Crippen LogP contribution is 2.25. The SMILES string of the molecule is COC(CCn1cnc2c(N)ncnc21)CSCCCCc1nc2ccc(C(C)(C)C)cc2[nH]1. The molecule has 0 aliphatic carbocycles. The van der Waals surface area contributed by atoms with Crippen molar-refractivity contribution in [2.24, 2.45) is 0 Å². The van der Waals surface area contributed by atoms with E-state index in [1.807, 2.05) is 16.3 Å². The Hall–Kier alpha value is -2.65. The maximum atomic E-state index is 5.87. The zero-order valence-corrected chi connectivity index (χ0v) is 21.4. The van der Waals surface area contributed by atoms with Gasteiger partial charge in [-0.25, -0.2) is 19.9 Å². The molecule has 0 bridgehead atoms. The van der Waals surface area contributed by atoms with Gasteiger partial charge in [-0.3, -0.25) is 0 Å². The first-order chi connectivity index (χ1) is 16.3. The van der Waals surface area contributed by atoms with Crippen molar-refractivity contribution in [1.82, 2.24) is 29.5 Å². The molecule has 3 N–H and O–H groups in total. The van der Waals surface area contributed by atoms with Gasteiger partial charge in [0.25, 0.3) is 0 Å². The standard InChI is InChI=1S/C25H35N7OS/c1-25(2,3)17-8-9-19-20(13-17)31-21(30-19)7-5-6-12-34-14-18(33-4)10-11-32-16-29-22-23(26)27-15-28-24(22)32/h8-9,13,15-16,18H,5-7,10-12,14H2,1-4H3,(H,30,31)(H2,26,27,28). The van der Waals surface area contributed by atoms with Crippen molar-refractivity contribution < 1.29 is 4.74 Å². The number of unbranched alkanes of at least 4 members (excludes halogenated alkanes) is 1. The molecule has 9 heteroatoms. The number of aromatic amines is 1. The lowest BCUT2D eigenvalue weighted by atomic mass is 9.87. The summed E-state index contributed by atoms with van der Waals surface area (Å²) in [6.45, 7) is 7.50. The topological polar surface area (TPSA) is 108 Å². The third kappa shape index (κ3) is 5.88. The molecule has 4 aromatic rings. The van der Waals surface area contributed by atoms with Crippen LogP contribution in [0.1, 0.15) is 51.4 Å². The van der Waals surface area contributed by atoms with Gasteiger partial charge in [0.05, 0.1) is 23.5 Å². The molecule has 0 aliphatic rings. The summed E-state index contributed by atoms with van der Waals surface area (Å²) in [4.78, 5) is 20.9. The summed E-state index contributed by atoms with van der Waals surface area (Å²) >= 11 is 1.95. The molecule has 1 aromatic carbocycles. The fraction of sp³-hybridized carbons (Fsp3) is 0.520. The van der Waals surface area contributed by atoms with Crippen LogP contribution in [0, 0.1) is 0 Å². The highest BCUT2D eigenvalue weighted by atomic mass is 32.2. The molecule has 0 spiro atoms. The minimum absolute atomic E-state index is 0.145. The Bertz CT molecular complexity index is 1230. The minimum atomic E-state index is 0.145. The quantitative estimate of drug-likeness (QED) is 0.298. The lowest BCUT2D eigenvalue weighted by Crippen LogP contribution is -2.17. The molecule has 1 unspecified atom stereocenters. The Morgan fingerprint density at radius 3 is 2.82 bits per heavy atom. The number of ether oxygens (including phenoxy) is 1. The van der Waals surface area contributed by atoms with Crippen LogP contribution in [0.2, 0.25) is 0 Å². The normalized spacial score (nSPS) is 13.2. The molecular formula is C25H35N7OS. The van der Waals surface area contributed by atoms with Crippen LogP contribution in [-0.2, 0) is 23.1 Å². The Morgan fingerprint density at radius 1 is 1.18 bits per heavy atom. The second-order valence-corrected chi connectivity index (χ2v) is 10.9. The largest absolute Gasteiger partial charge is 0.382 e. The lowest BCUT2D eigenvalue weighted by molar-refractivity contribution is 0.111. The number of hydrogen-bond donors (Lipinski definition) is 2. The van der Waals surface area contributed by atoms with E-state index in [-0.39, 0.29) is 11.5 Å². The number of anilines is 1. The first-order valence-corrected chi connectivity index (χ1v) is 13.0. The number of aryl methyl sites for hydroxylation is 2. The molecule has 0 saturated carbocycles. The molecule has 0 fully saturated rings. The second-order valence-electron chi connectivity index (χ2n) is 9.71. The molecule has 34 heavy (non-hydrogen) atoms. The van der Waals surface area contributed by atoms with Crippen molar-refractivity contribution in [2.75, 3.05) is 24.3 Å². The number of nitrogens with two attached hydrogens (primary N) is 1. The van der Waals surface area contributed by atoms with Gasteiger partial charge < -0.3 is 20.0 Å². The number of methoxy groups -OCH3 is 1. The van der Waals surface area contributed by atoms with Crippen molar-refractivity contribution in [3.63, 3.8) is 0 Å². The average molecular weight is 482 g/mol. The number of benzene rings is 1. The molecule has 3 heterocycles. The van der Waals surface area contributed by atoms with Gasteiger partial charge in [-0.15, -0.1) is 0 Å². The van der Waals surface area contributed by atoms with E-state index in [4.69, 9.17) is 15.5 Å². The first kappa shape index (κ1) is 24.5. The van der Waals surface area contributed by atoms with Crippen LogP contribution < -0.4 is 5.73 Å². The molecule has 8 nitrogen and oxygen atoms in total. The van der Waals surface area contributed by atoms with Crippen molar-refractivity contribution >= 4 is 39.8 Å². The van der Waals surface area contributed by atoms with Crippen molar-refractivity contribution in [1.29, 1.82) is 0 Å². The van der Waals surface area contributed by atoms with Gasteiger partial charge in [-0.1, -0.05) is 26.8 Å². The molecule has 4 rings (SSSR count). The lowest BCUT2D eigenvalue weighted by Gasteiger charge is -2.18. The van der Waals surface area contributed by atoms with E-state index in [0.717, 1.165) is 66.2 Å². The number of nitrogens with zero attached hydrogens (tertiary/aromatic N) is 5. The summed E-state index contributed by atoms with van der Waals surface area (Å²) in [6.07, 6.45) is 7.60. The second kappa shape index (κ2) is 10.7. The number of fused-ring (bicyclic) bond motifs is 2. The van der Waals surface area contributed by atoms with Gasteiger partial charge in [0.2, 0.25) is 0 Å². The number of H-pyrrole nitrogens is 1. The van der Waals surface area contributed by atoms with E-state index in [2.05, 4.69) is 58.9 Å². The maximum absolute atomic E-state index is 5.87. The predicted octanol–water partition coefficient (Wildman–Crippen LogP) is 4.74. The van der Waals surface area contributed by atoms with E-state index < -0.39 is 0 Å². The fourth-order valence-electron chi connectivity index (χ4n) is 3.97. The monoisotopic (exact) mass is 481 g/mol. The molecule has 0 saturated heterocycles. The molecule has 182 valence electrons. The third-order valence-electron chi connectivity index (χ3n) is 6.11. The molecule has 1 atom stereocenters. The number of thioether (sulfide) groups is 1. The number of nitrogen functional groups attached to an aromatic ring is 1. The van der Waals surface area contributed by atoms with Crippen LogP contribution in [0.25, 0.3) is 22.2 Å². The predicted molar refractivity (Wildman–Crippen MR) is 140 cm³/mol. The van der Waals surface area contributed by atoms with Crippen LogP contribution in [0.15, 0.2) is 30.9 Å². The summed E-state index contributed by atoms with van der Waals surface area (Å²) in [5.74, 6) is 3.59. The minimum Gasteiger partial charge on any atom is -0.382 e. The number of nitrogens with one attached hydrogen (secondary N) is 1.